The quantitative estimate of drug-likeness (QED) is 0.538. The summed E-state index contributed by atoms with van der Waals surface area (Å²) in [6.07, 6.45) is 0. The van der Waals surface area contributed by atoms with Gasteiger partial charge in [0.1, 0.15) is 23.5 Å². The highest BCUT2D eigenvalue weighted by Crippen LogP contribution is 2.41. The van der Waals surface area contributed by atoms with Gasteiger partial charge in [-0.25, -0.2) is 0 Å². The zero-order valence-corrected chi connectivity index (χ0v) is 18.4. The third-order valence-electron chi connectivity index (χ3n) is 5.53. The molecule has 2 heterocycles. The van der Waals surface area contributed by atoms with Crippen LogP contribution in [0, 0.1) is 0 Å². The number of rotatable bonds is 6. The third kappa shape index (κ3) is 4.24. The second-order valence-electron chi connectivity index (χ2n) is 8.10. The number of nitrogens with one attached hydrogen (secondary N) is 1. The monoisotopic (exact) mass is 440 g/mol. The predicted octanol–water partition coefficient (Wildman–Crippen LogP) is 2.73. The van der Waals surface area contributed by atoms with Gasteiger partial charge in [-0.2, -0.15) is 0 Å². The Balaban J connectivity index is 1.75. The predicted molar refractivity (Wildman–Crippen MR) is 123 cm³/mol. The van der Waals surface area contributed by atoms with Crippen molar-refractivity contribution in [1.82, 2.24) is 5.32 Å². The van der Waals surface area contributed by atoms with E-state index in [-0.39, 0.29) is 41.4 Å². The van der Waals surface area contributed by atoms with Crippen molar-refractivity contribution in [2.45, 2.75) is 25.9 Å². The van der Waals surface area contributed by atoms with Gasteiger partial charge in [-0.3, -0.25) is 4.79 Å². The van der Waals surface area contributed by atoms with Gasteiger partial charge in [0.05, 0.1) is 13.7 Å². The Bertz CT molecular complexity index is 1150. The van der Waals surface area contributed by atoms with Crippen LogP contribution >= 0.6 is 0 Å². The molecule has 170 valence electrons. The van der Waals surface area contributed by atoms with Crippen LogP contribution in [0.4, 0.5) is 5.69 Å². The van der Waals surface area contributed by atoms with Gasteiger partial charge in [0.2, 0.25) is 5.75 Å². The van der Waals surface area contributed by atoms with E-state index in [1.165, 1.54) is 19.2 Å². The van der Waals surface area contributed by atoms with Crippen molar-refractivity contribution in [2.75, 3.05) is 38.3 Å². The van der Waals surface area contributed by atoms with E-state index in [1.54, 1.807) is 0 Å². The van der Waals surface area contributed by atoms with Gasteiger partial charge in [0, 0.05) is 48.6 Å². The minimum absolute atomic E-state index is 0.00269. The first-order chi connectivity index (χ1) is 15.4. The Morgan fingerprint density at radius 3 is 2.47 bits per heavy atom. The molecule has 1 saturated heterocycles. The van der Waals surface area contributed by atoms with Gasteiger partial charge >= 0.3 is 0 Å². The molecular formula is C24H28N2O6. The summed E-state index contributed by atoms with van der Waals surface area (Å²) in [7, 11) is 1.42. The van der Waals surface area contributed by atoms with Gasteiger partial charge in [0.25, 0.3) is 0 Å². The van der Waals surface area contributed by atoms with Crippen molar-refractivity contribution in [2.24, 2.45) is 0 Å². The van der Waals surface area contributed by atoms with Crippen LogP contribution in [0.25, 0.3) is 22.3 Å². The van der Waals surface area contributed by atoms with Crippen molar-refractivity contribution in [3.05, 3.63) is 46.6 Å². The van der Waals surface area contributed by atoms with Crippen molar-refractivity contribution in [3.8, 4) is 28.6 Å². The number of aliphatic hydroxyl groups excluding tert-OH is 1. The van der Waals surface area contributed by atoms with Crippen molar-refractivity contribution < 1.29 is 24.1 Å². The van der Waals surface area contributed by atoms with Crippen LogP contribution < -0.4 is 25.1 Å². The Morgan fingerprint density at radius 2 is 1.84 bits per heavy atom. The molecule has 0 saturated carbocycles. The van der Waals surface area contributed by atoms with Crippen molar-refractivity contribution >= 4 is 16.7 Å². The summed E-state index contributed by atoms with van der Waals surface area (Å²) in [5.41, 5.74) is 1.50. The number of ether oxygens (including phenoxy) is 2. The number of benzene rings is 2. The van der Waals surface area contributed by atoms with Gasteiger partial charge in [-0.05, 0) is 38.1 Å². The number of methoxy groups -OCH3 is 1. The largest absolute Gasteiger partial charge is 0.507 e. The van der Waals surface area contributed by atoms with Gasteiger partial charge < -0.3 is 34.3 Å². The molecule has 0 spiro atoms. The molecule has 8 nitrogen and oxygen atoms in total. The van der Waals surface area contributed by atoms with Gasteiger partial charge in [-0.15, -0.1) is 0 Å². The summed E-state index contributed by atoms with van der Waals surface area (Å²) in [5.74, 6) is 0.457. The van der Waals surface area contributed by atoms with Crippen LogP contribution in [-0.4, -0.2) is 55.7 Å². The molecule has 1 aromatic heterocycles. The Kier molecular flexibility index (Phi) is 6.25. The molecule has 1 aliphatic heterocycles. The molecule has 2 aromatic carbocycles. The minimum Gasteiger partial charge on any atom is -0.507 e. The first-order valence-corrected chi connectivity index (χ1v) is 10.6. The van der Waals surface area contributed by atoms with E-state index in [9.17, 15) is 9.90 Å². The molecule has 0 radical (unpaired) electrons. The lowest BCUT2D eigenvalue weighted by Gasteiger charge is -2.37. The maximum Gasteiger partial charge on any atom is 0.205 e. The first-order valence-electron chi connectivity index (χ1n) is 10.6. The molecule has 0 bridgehead atoms. The van der Waals surface area contributed by atoms with Crippen molar-refractivity contribution in [3.63, 3.8) is 0 Å². The van der Waals surface area contributed by atoms with E-state index in [4.69, 9.17) is 19.0 Å². The molecule has 1 fully saturated rings. The minimum atomic E-state index is -0.399. The number of fused-ring (bicyclic) bond motifs is 1. The number of aromatic hydroxyl groups is 1. The first kappa shape index (κ1) is 22.0. The topological polar surface area (TPSA) is 104 Å². The highest BCUT2D eigenvalue weighted by molar-refractivity contribution is 5.91. The van der Waals surface area contributed by atoms with Crippen LogP contribution in [0.1, 0.15) is 13.8 Å². The number of phenolic OH excluding ortho intramolecular Hbond substituents is 1. The summed E-state index contributed by atoms with van der Waals surface area (Å²) >= 11 is 0. The number of phenols is 1. The Hall–Kier alpha value is -3.23. The number of nitrogens with zero attached hydrogens (tertiary/aromatic N) is 1. The van der Waals surface area contributed by atoms with Crippen LogP contribution in [0.3, 0.4) is 0 Å². The summed E-state index contributed by atoms with van der Waals surface area (Å²) in [4.78, 5) is 15.2. The second-order valence-corrected chi connectivity index (χ2v) is 8.10. The van der Waals surface area contributed by atoms with E-state index < -0.39 is 5.43 Å². The zero-order valence-electron chi connectivity index (χ0n) is 18.4. The zero-order chi connectivity index (χ0) is 22.8. The van der Waals surface area contributed by atoms with Crippen LogP contribution in [0.2, 0.25) is 0 Å². The van der Waals surface area contributed by atoms with Gasteiger partial charge in [0.15, 0.2) is 16.8 Å². The summed E-state index contributed by atoms with van der Waals surface area (Å²) in [6, 6.07) is 11.3. The molecule has 4 rings (SSSR count). The third-order valence-corrected chi connectivity index (χ3v) is 5.53. The number of anilines is 1. The number of hydrogen-bond acceptors (Lipinski definition) is 8. The lowest BCUT2D eigenvalue weighted by Crippen LogP contribution is -2.54. The normalized spacial score (nSPS) is 18.7. The molecule has 1 aliphatic rings. The lowest BCUT2D eigenvalue weighted by molar-refractivity contribution is 0.196. The van der Waals surface area contributed by atoms with E-state index in [0.717, 1.165) is 24.3 Å². The molecule has 2 unspecified atom stereocenters. The fourth-order valence-electron chi connectivity index (χ4n) is 4.22. The molecule has 3 aromatic rings. The fourth-order valence-corrected chi connectivity index (χ4v) is 4.22. The molecule has 8 heteroatoms. The summed E-state index contributed by atoms with van der Waals surface area (Å²) in [5, 5.41) is 23.0. The van der Waals surface area contributed by atoms with E-state index in [0.29, 0.717) is 17.8 Å². The molecule has 0 amide bonds. The molecule has 3 N–H and O–H groups in total. The van der Waals surface area contributed by atoms with Gasteiger partial charge in [-0.1, -0.05) is 0 Å². The smallest absolute Gasteiger partial charge is 0.205 e. The van der Waals surface area contributed by atoms with Crippen LogP contribution in [0.15, 0.2) is 45.6 Å². The Labute approximate surface area is 186 Å². The number of piperazine rings is 1. The number of hydrogen-bond donors (Lipinski definition) is 3. The van der Waals surface area contributed by atoms with E-state index in [2.05, 4.69) is 24.1 Å². The molecule has 0 aliphatic carbocycles. The molecule has 2 atom stereocenters. The van der Waals surface area contributed by atoms with E-state index in [1.807, 2.05) is 24.3 Å². The summed E-state index contributed by atoms with van der Waals surface area (Å²) in [6.45, 7) is 5.93. The maximum absolute atomic E-state index is 12.8. The standard InChI is InChI=1S/C24H28N2O6/c1-14-12-26(13-15(2)25-14)17-6-4-16(5-7-17)20-10-18(28)22-19(29)11-21(30-3)23(24(22)32-20)31-9-8-27/h4-7,10-11,14-15,25,27,29H,8-9,12-13H2,1-3H3. The SMILES string of the molecule is COc1cc(O)c2c(=O)cc(-c3ccc(N4CC(C)NC(C)C4)cc3)oc2c1OCCO. The fraction of sp³-hybridized carbons (Fsp3) is 0.375. The average Bonchev–Trinajstić information content (AvgIpc) is 2.77. The van der Waals surface area contributed by atoms with E-state index >= 15 is 0 Å². The van der Waals surface area contributed by atoms with Crippen LogP contribution in [0.5, 0.6) is 17.2 Å². The summed E-state index contributed by atoms with van der Waals surface area (Å²) < 4.78 is 16.9. The average molecular weight is 440 g/mol. The molecular weight excluding hydrogens is 412 g/mol. The lowest BCUT2D eigenvalue weighted by atomic mass is 10.1. The van der Waals surface area contributed by atoms with Crippen LogP contribution in [-0.2, 0) is 0 Å². The highest BCUT2D eigenvalue weighted by Gasteiger charge is 2.22. The maximum atomic E-state index is 12.8. The highest BCUT2D eigenvalue weighted by atomic mass is 16.5. The van der Waals surface area contributed by atoms with Crippen molar-refractivity contribution in [1.29, 1.82) is 0 Å². The number of aliphatic hydroxyl groups is 1. The Morgan fingerprint density at radius 1 is 1.16 bits per heavy atom. The second kappa shape index (κ2) is 9.10. The molecule has 32 heavy (non-hydrogen) atoms.